The van der Waals surface area contributed by atoms with Gasteiger partial charge in [-0.05, 0) is 68.6 Å². The largest absolute Gasteiger partial charge is 0.453 e. The molecule has 4 aliphatic carbocycles. The Balaban J connectivity index is 1.24. The van der Waals surface area contributed by atoms with Gasteiger partial charge in [-0.15, -0.1) is 0 Å². The maximum Gasteiger partial charge on any atom is 0.326 e. The third-order valence-electron chi connectivity index (χ3n) is 6.87. The van der Waals surface area contributed by atoms with Gasteiger partial charge in [0.1, 0.15) is 6.54 Å². The van der Waals surface area contributed by atoms with Gasteiger partial charge in [0.25, 0.3) is 0 Å². The van der Waals surface area contributed by atoms with Crippen molar-refractivity contribution in [2.45, 2.75) is 58.0 Å². The summed E-state index contributed by atoms with van der Waals surface area (Å²) in [6, 6.07) is 8.76. The molecular weight excluding hydrogens is 354 g/mol. The van der Waals surface area contributed by atoms with Gasteiger partial charge in [-0.3, -0.25) is 14.4 Å². The molecule has 4 saturated carbocycles. The van der Waals surface area contributed by atoms with E-state index in [0.717, 1.165) is 17.8 Å². The zero-order valence-corrected chi connectivity index (χ0v) is 16.5. The van der Waals surface area contributed by atoms with Crippen molar-refractivity contribution in [1.29, 1.82) is 0 Å². The third-order valence-corrected chi connectivity index (χ3v) is 6.87. The summed E-state index contributed by atoms with van der Waals surface area (Å²) in [5.74, 6) is 1.52. The number of ether oxygens (including phenoxy) is 1. The van der Waals surface area contributed by atoms with Crippen LogP contribution in [0.1, 0.15) is 62.2 Å². The molecule has 28 heavy (non-hydrogen) atoms. The van der Waals surface area contributed by atoms with E-state index in [-0.39, 0.29) is 23.7 Å². The van der Waals surface area contributed by atoms with Crippen LogP contribution in [-0.4, -0.2) is 30.3 Å². The highest BCUT2D eigenvalue weighted by atomic mass is 16.5. The predicted molar refractivity (Wildman–Crippen MR) is 105 cm³/mol. The lowest BCUT2D eigenvalue weighted by atomic mass is 9.49. The number of amides is 1. The zero-order valence-electron chi connectivity index (χ0n) is 16.5. The molecule has 0 saturated heterocycles. The minimum atomic E-state index is -0.866. The molecule has 0 aliphatic heterocycles. The Morgan fingerprint density at radius 1 is 1.04 bits per heavy atom. The Kier molecular flexibility index (Phi) is 5.26. The average Bonchev–Trinajstić information content (AvgIpc) is 2.65. The lowest BCUT2D eigenvalue weighted by Gasteiger charge is -2.56. The van der Waals surface area contributed by atoms with Crippen molar-refractivity contribution in [1.82, 2.24) is 5.32 Å². The van der Waals surface area contributed by atoms with Gasteiger partial charge >= 0.3 is 5.97 Å². The van der Waals surface area contributed by atoms with Gasteiger partial charge in [-0.2, -0.15) is 0 Å². The van der Waals surface area contributed by atoms with Crippen molar-refractivity contribution in [2.24, 2.45) is 23.2 Å². The second-order valence-electron chi connectivity index (χ2n) is 9.23. The van der Waals surface area contributed by atoms with Gasteiger partial charge < -0.3 is 10.1 Å². The summed E-state index contributed by atoms with van der Waals surface area (Å²) in [6.45, 7) is 1.38. The molecule has 0 heterocycles. The summed E-state index contributed by atoms with van der Waals surface area (Å²) in [6.07, 6.45) is 7.19. The lowest BCUT2D eigenvalue weighted by molar-refractivity contribution is -0.147. The Hall–Kier alpha value is -2.17. The molecule has 1 aromatic carbocycles. The molecule has 150 valence electrons. The van der Waals surface area contributed by atoms with Gasteiger partial charge in [0.05, 0.1) is 0 Å². The summed E-state index contributed by atoms with van der Waals surface area (Å²) in [4.78, 5) is 36.8. The molecule has 1 aromatic rings. The van der Waals surface area contributed by atoms with Crippen LogP contribution in [0.5, 0.6) is 0 Å². The first-order valence-electron chi connectivity index (χ1n) is 10.5. The quantitative estimate of drug-likeness (QED) is 0.578. The summed E-state index contributed by atoms with van der Waals surface area (Å²) in [7, 11) is 0. The number of Topliss-reactive ketones (excluding diaryl/α,β-unsaturated/α-hetero) is 1. The van der Waals surface area contributed by atoms with E-state index < -0.39 is 12.1 Å². The molecule has 1 N–H and O–H groups in total. The highest BCUT2D eigenvalue weighted by Gasteiger charge is 2.51. The maximum absolute atomic E-state index is 12.5. The fourth-order valence-corrected chi connectivity index (χ4v) is 6.21. The molecule has 4 aliphatic rings. The summed E-state index contributed by atoms with van der Waals surface area (Å²) >= 11 is 0. The summed E-state index contributed by atoms with van der Waals surface area (Å²) < 4.78 is 5.21. The van der Waals surface area contributed by atoms with Crippen LogP contribution in [0.2, 0.25) is 0 Å². The Morgan fingerprint density at radius 3 is 2.18 bits per heavy atom. The van der Waals surface area contributed by atoms with E-state index in [0.29, 0.717) is 12.0 Å². The second kappa shape index (κ2) is 7.69. The van der Waals surface area contributed by atoms with Crippen LogP contribution in [0.3, 0.4) is 0 Å². The Morgan fingerprint density at radius 2 is 1.61 bits per heavy atom. The molecule has 0 aromatic heterocycles. The number of rotatable bonds is 7. The number of carbonyl (C=O) groups excluding carboxylic acids is 3. The Bertz CT molecular complexity index is 722. The van der Waals surface area contributed by atoms with Crippen molar-refractivity contribution >= 4 is 17.7 Å². The molecule has 0 spiro atoms. The lowest BCUT2D eigenvalue weighted by Crippen LogP contribution is -2.48. The monoisotopic (exact) mass is 383 g/mol. The molecule has 1 atom stereocenters. The number of carbonyl (C=O) groups is 3. The number of ketones is 1. The first kappa shape index (κ1) is 19.2. The molecule has 4 fully saturated rings. The van der Waals surface area contributed by atoms with E-state index in [2.05, 4.69) is 5.32 Å². The van der Waals surface area contributed by atoms with Crippen molar-refractivity contribution in [3.63, 3.8) is 0 Å². The Labute approximate surface area is 166 Å². The molecule has 1 amide bonds. The van der Waals surface area contributed by atoms with E-state index in [4.69, 9.17) is 4.74 Å². The standard InChI is InChI=1S/C23H29NO4/c1-15(22(27)19-5-3-2-4-6-19)28-21(26)14-24-20(25)13-23-10-16-7-17(11-23)9-18(8-16)12-23/h2-6,15-18H,7-14H2,1H3,(H,24,25). The predicted octanol–water partition coefficient (Wildman–Crippen LogP) is 3.52. The SMILES string of the molecule is CC(OC(=O)CNC(=O)CC12CC3CC(CC(C3)C1)C2)C(=O)c1ccccc1. The fourth-order valence-electron chi connectivity index (χ4n) is 6.21. The van der Waals surface area contributed by atoms with Crippen molar-refractivity contribution < 1.29 is 19.1 Å². The van der Waals surface area contributed by atoms with Gasteiger partial charge in [0.2, 0.25) is 11.7 Å². The van der Waals surface area contributed by atoms with Gasteiger partial charge in [0.15, 0.2) is 6.10 Å². The number of nitrogens with one attached hydrogen (secondary N) is 1. The minimum Gasteiger partial charge on any atom is -0.453 e. The number of hydrogen-bond acceptors (Lipinski definition) is 4. The van der Waals surface area contributed by atoms with Crippen LogP contribution in [0.4, 0.5) is 0 Å². The summed E-state index contributed by atoms with van der Waals surface area (Å²) in [5.41, 5.74) is 0.660. The van der Waals surface area contributed by atoms with Crippen molar-refractivity contribution in [3.8, 4) is 0 Å². The first-order valence-corrected chi connectivity index (χ1v) is 10.5. The van der Waals surface area contributed by atoms with E-state index in [1.165, 1.54) is 38.5 Å². The van der Waals surface area contributed by atoms with Gasteiger partial charge in [-0.1, -0.05) is 30.3 Å². The van der Waals surface area contributed by atoms with Crippen LogP contribution in [0, 0.1) is 23.2 Å². The second-order valence-corrected chi connectivity index (χ2v) is 9.23. The summed E-state index contributed by atoms with van der Waals surface area (Å²) in [5, 5.41) is 2.72. The first-order chi connectivity index (χ1) is 13.4. The van der Waals surface area contributed by atoms with E-state index >= 15 is 0 Å². The van der Waals surface area contributed by atoms with Crippen LogP contribution in [-0.2, 0) is 14.3 Å². The van der Waals surface area contributed by atoms with Crippen LogP contribution >= 0.6 is 0 Å². The van der Waals surface area contributed by atoms with Gasteiger partial charge in [-0.25, -0.2) is 0 Å². The minimum absolute atomic E-state index is 0.0686. The molecule has 5 heteroatoms. The number of benzene rings is 1. The van der Waals surface area contributed by atoms with Crippen LogP contribution in [0.25, 0.3) is 0 Å². The maximum atomic E-state index is 12.5. The third kappa shape index (κ3) is 4.13. The number of hydrogen-bond donors (Lipinski definition) is 1. The zero-order chi connectivity index (χ0) is 19.7. The molecular formula is C23H29NO4. The van der Waals surface area contributed by atoms with E-state index in [9.17, 15) is 14.4 Å². The van der Waals surface area contributed by atoms with Crippen LogP contribution < -0.4 is 5.32 Å². The molecule has 5 rings (SSSR count). The van der Waals surface area contributed by atoms with Crippen molar-refractivity contribution in [3.05, 3.63) is 35.9 Å². The van der Waals surface area contributed by atoms with Crippen LogP contribution in [0.15, 0.2) is 30.3 Å². The average molecular weight is 383 g/mol. The molecule has 5 nitrogen and oxygen atoms in total. The van der Waals surface area contributed by atoms with E-state index in [1.54, 1.807) is 31.2 Å². The van der Waals surface area contributed by atoms with E-state index in [1.807, 2.05) is 6.07 Å². The fraction of sp³-hybridized carbons (Fsp3) is 0.609. The molecule has 4 bridgehead atoms. The number of esters is 1. The van der Waals surface area contributed by atoms with Gasteiger partial charge in [0, 0.05) is 12.0 Å². The topological polar surface area (TPSA) is 72.5 Å². The highest BCUT2D eigenvalue weighted by molar-refractivity contribution is 6.00. The van der Waals surface area contributed by atoms with Crippen molar-refractivity contribution in [2.75, 3.05) is 6.54 Å². The molecule has 0 radical (unpaired) electrons. The molecule has 1 unspecified atom stereocenters. The smallest absolute Gasteiger partial charge is 0.326 e. The normalized spacial score (nSPS) is 31.2. The highest BCUT2D eigenvalue weighted by Crippen LogP contribution is 2.61.